The molecular formula is C63H54BN2O2. The first-order valence-electron chi connectivity index (χ1n) is 24.5. The number of anilines is 2. The average molecular weight is 882 g/mol. The van der Waals surface area contributed by atoms with Crippen LogP contribution in [0.5, 0.6) is 0 Å². The Bertz CT molecular complexity index is 4030. The van der Waals surface area contributed by atoms with Gasteiger partial charge >= 0.3 is 0 Å². The van der Waals surface area contributed by atoms with E-state index in [0.717, 1.165) is 62.9 Å². The molecule has 11 aromatic rings. The molecule has 3 aliphatic rings. The van der Waals surface area contributed by atoms with Crippen molar-refractivity contribution >= 4 is 95.3 Å². The third kappa shape index (κ3) is 5.39. The van der Waals surface area contributed by atoms with Crippen LogP contribution in [0.4, 0.5) is 11.4 Å². The molecule has 2 aliphatic carbocycles. The van der Waals surface area contributed by atoms with Crippen molar-refractivity contribution in [3.05, 3.63) is 161 Å². The number of hydrogen-bond acceptors (Lipinski definition) is 3. The molecule has 0 amide bonds. The van der Waals surface area contributed by atoms with Gasteiger partial charge in [-0.3, -0.25) is 0 Å². The van der Waals surface area contributed by atoms with Crippen LogP contribution in [-0.2, 0) is 21.7 Å². The molecule has 4 heterocycles. The summed E-state index contributed by atoms with van der Waals surface area (Å²) in [6.07, 6.45) is 2.31. The highest BCUT2D eigenvalue weighted by Crippen LogP contribution is 2.52. The topological polar surface area (TPSA) is 43.2 Å². The molecule has 0 saturated carbocycles. The normalized spacial score (nSPS) is 16.4. The van der Waals surface area contributed by atoms with Gasteiger partial charge in [-0.2, -0.15) is 0 Å². The number of nitrogens with one attached hydrogen (secondary N) is 1. The van der Waals surface area contributed by atoms with E-state index in [2.05, 4.69) is 213 Å². The Labute approximate surface area is 398 Å². The highest BCUT2D eigenvalue weighted by Gasteiger charge is 2.40. The highest BCUT2D eigenvalue weighted by atomic mass is 16.3. The molecule has 5 heteroatoms. The molecule has 0 saturated heterocycles. The van der Waals surface area contributed by atoms with E-state index < -0.39 is 0 Å². The van der Waals surface area contributed by atoms with Gasteiger partial charge in [0.1, 0.15) is 22.3 Å². The predicted molar refractivity (Wildman–Crippen MR) is 287 cm³/mol. The maximum atomic E-state index is 6.95. The van der Waals surface area contributed by atoms with E-state index in [9.17, 15) is 0 Å². The fourth-order valence-corrected chi connectivity index (χ4v) is 12.7. The molecule has 3 aromatic heterocycles. The summed E-state index contributed by atoms with van der Waals surface area (Å²) >= 11 is 0. The van der Waals surface area contributed by atoms with Gasteiger partial charge in [-0.05, 0) is 134 Å². The van der Waals surface area contributed by atoms with Gasteiger partial charge in [0.15, 0.2) is 7.28 Å². The minimum Gasteiger partial charge on any atom is -0.456 e. The average Bonchev–Trinajstić information content (AvgIpc) is 4.03. The van der Waals surface area contributed by atoms with Crippen LogP contribution in [-0.4, -0.2) is 11.8 Å². The van der Waals surface area contributed by atoms with Crippen LogP contribution >= 0.6 is 0 Å². The summed E-state index contributed by atoms with van der Waals surface area (Å²) in [5.41, 5.74) is 23.6. The minimum atomic E-state index is -0.141. The van der Waals surface area contributed by atoms with Crippen LogP contribution in [0.15, 0.2) is 142 Å². The molecule has 0 fully saturated rings. The Balaban J connectivity index is 1.08. The van der Waals surface area contributed by atoms with E-state index >= 15 is 0 Å². The van der Waals surface area contributed by atoms with Gasteiger partial charge in [-0.25, -0.2) is 0 Å². The van der Waals surface area contributed by atoms with E-state index in [1.54, 1.807) is 0 Å². The van der Waals surface area contributed by atoms with Crippen molar-refractivity contribution in [2.45, 2.75) is 96.8 Å². The number of aromatic nitrogens is 1. The number of fused-ring (bicyclic) bond motifs is 16. The Morgan fingerprint density at radius 2 is 1.24 bits per heavy atom. The summed E-state index contributed by atoms with van der Waals surface area (Å²) in [5.74, 6) is 0. The number of furan rings is 2. The third-order valence-corrected chi connectivity index (χ3v) is 16.6. The standard InChI is InChI=1S/C63H54BN2O2/c1-60(2,3)34-18-20-35(21-19-34)65-49-33-55-42(43-29-46-47(32-54(43)68-55)62(6,7)27-26-61(46,4)5)28-41(49)37-22-23-39-56-50(24-25-53-57(56)38-15-11-13-17-52(38)67-53)66-51-31-45-40(30-48(51)64-58(37)59(39)66)36-14-10-12-16-44(36)63(45,8)9/h10-25,28-33,65H,26-27H2,1-9H3. The Morgan fingerprint density at radius 3 is 2.03 bits per heavy atom. The summed E-state index contributed by atoms with van der Waals surface area (Å²) < 4.78 is 16.1. The first kappa shape index (κ1) is 40.1. The number of para-hydroxylation sites is 1. The first-order chi connectivity index (χ1) is 32.5. The van der Waals surface area contributed by atoms with Gasteiger partial charge in [0, 0.05) is 66.3 Å². The van der Waals surface area contributed by atoms with Crippen LogP contribution in [0.3, 0.4) is 0 Å². The fourth-order valence-electron chi connectivity index (χ4n) is 12.7. The van der Waals surface area contributed by atoms with Crippen molar-refractivity contribution in [3.8, 4) is 27.9 Å². The van der Waals surface area contributed by atoms with Crippen LogP contribution in [0, 0.1) is 0 Å². The lowest BCUT2D eigenvalue weighted by molar-refractivity contribution is 0.332. The largest absolute Gasteiger partial charge is 0.456 e. The quantitative estimate of drug-likeness (QED) is 0.180. The first-order valence-corrected chi connectivity index (χ1v) is 24.5. The van der Waals surface area contributed by atoms with Gasteiger partial charge in [0.25, 0.3) is 0 Å². The second-order valence-corrected chi connectivity index (χ2v) is 23.1. The number of benzene rings is 8. The molecule has 0 unspecified atom stereocenters. The molecule has 0 atom stereocenters. The van der Waals surface area contributed by atoms with Crippen molar-refractivity contribution in [1.82, 2.24) is 4.57 Å². The van der Waals surface area contributed by atoms with Gasteiger partial charge in [0.05, 0.1) is 11.2 Å². The fraction of sp³-hybridized carbons (Fsp3) is 0.238. The maximum Gasteiger partial charge on any atom is 0.197 e. The second kappa shape index (κ2) is 13.2. The zero-order valence-corrected chi connectivity index (χ0v) is 40.5. The van der Waals surface area contributed by atoms with Gasteiger partial charge < -0.3 is 18.7 Å². The van der Waals surface area contributed by atoms with E-state index in [1.165, 1.54) is 93.7 Å². The molecule has 14 rings (SSSR count). The molecule has 0 spiro atoms. The molecule has 4 nitrogen and oxygen atoms in total. The molecule has 1 aliphatic heterocycles. The van der Waals surface area contributed by atoms with E-state index in [-0.39, 0.29) is 21.7 Å². The smallest absolute Gasteiger partial charge is 0.197 e. The summed E-state index contributed by atoms with van der Waals surface area (Å²) in [4.78, 5) is 0. The number of rotatable bonds is 3. The van der Waals surface area contributed by atoms with Gasteiger partial charge in [-0.1, -0.05) is 141 Å². The molecule has 68 heavy (non-hydrogen) atoms. The van der Waals surface area contributed by atoms with E-state index in [4.69, 9.17) is 8.83 Å². The van der Waals surface area contributed by atoms with Gasteiger partial charge in [-0.15, -0.1) is 0 Å². The lowest BCUT2D eigenvalue weighted by Crippen LogP contribution is -2.37. The maximum absolute atomic E-state index is 6.95. The monoisotopic (exact) mass is 881 g/mol. The summed E-state index contributed by atoms with van der Waals surface area (Å²) in [6, 6.07) is 50.1. The lowest BCUT2D eigenvalue weighted by atomic mass is 9.58. The number of nitrogens with zero attached hydrogens (tertiary/aromatic N) is 1. The molecule has 0 bridgehead atoms. The predicted octanol–water partition coefficient (Wildman–Crippen LogP) is 15.9. The number of hydrogen-bond donors (Lipinski definition) is 1. The summed E-state index contributed by atoms with van der Waals surface area (Å²) in [7, 11) is 2.48. The van der Waals surface area contributed by atoms with Crippen LogP contribution in [0.2, 0.25) is 0 Å². The van der Waals surface area contributed by atoms with Crippen LogP contribution in [0.1, 0.15) is 103 Å². The third-order valence-electron chi connectivity index (χ3n) is 16.6. The van der Waals surface area contributed by atoms with Gasteiger partial charge in [0.2, 0.25) is 0 Å². The van der Waals surface area contributed by atoms with Crippen LogP contribution < -0.4 is 16.2 Å². The molecule has 1 radical (unpaired) electrons. The molecule has 1 N–H and O–H groups in total. The second-order valence-electron chi connectivity index (χ2n) is 23.1. The molecule has 8 aromatic carbocycles. The molecule has 331 valence electrons. The SMILES string of the molecule is CC(C)(C)c1ccc(Nc2cc3oc4cc5c(cc4c3cc2-c2ccc3c4c6c(ccc4n4c3c2[B]c2cc3c(cc2-4)C(C)(C)c2ccccc2-3)oc2ccccc26)C(C)(C)CCC5(C)C)cc1. The summed E-state index contributed by atoms with van der Waals surface area (Å²) in [5, 5.41) is 11.0. The Hall–Kier alpha value is -6.98. The van der Waals surface area contributed by atoms with Crippen molar-refractivity contribution in [2.24, 2.45) is 0 Å². The van der Waals surface area contributed by atoms with Crippen molar-refractivity contribution < 1.29 is 8.83 Å². The Morgan fingerprint density at radius 1 is 0.529 bits per heavy atom. The van der Waals surface area contributed by atoms with E-state index in [0.29, 0.717) is 0 Å². The molecular weight excluding hydrogens is 828 g/mol. The van der Waals surface area contributed by atoms with E-state index in [1.807, 2.05) is 0 Å². The zero-order valence-electron chi connectivity index (χ0n) is 40.5. The Kier molecular flexibility index (Phi) is 7.77. The summed E-state index contributed by atoms with van der Waals surface area (Å²) in [6.45, 7) is 21.2. The van der Waals surface area contributed by atoms with Crippen LogP contribution in [0.25, 0.3) is 93.6 Å². The zero-order chi connectivity index (χ0) is 46.4. The lowest BCUT2D eigenvalue weighted by Gasteiger charge is -2.41. The van der Waals surface area contributed by atoms with Crippen molar-refractivity contribution in [3.63, 3.8) is 0 Å². The van der Waals surface area contributed by atoms with Crippen molar-refractivity contribution in [2.75, 3.05) is 5.32 Å². The highest BCUT2D eigenvalue weighted by molar-refractivity contribution is 6.73. The van der Waals surface area contributed by atoms with Crippen molar-refractivity contribution in [1.29, 1.82) is 0 Å². The minimum absolute atomic E-state index is 0.0497.